The van der Waals surface area contributed by atoms with Crippen molar-refractivity contribution in [2.24, 2.45) is 0 Å². The highest BCUT2D eigenvalue weighted by Crippen LogP contribution is 2.33. The van der Waals surface area contributed by atoms with Gasteiger partial charge in [0.15, 0.2) is 5.16 Å². The largest absolute Gasteiger partial charge is 0.492 e. The van der Waals surface area contributed by atoms with Crippen molar-refractivity contribution >= 4 is 28.4 Å². The molecule has 2 aromatic carbocycles. The van der Waals surface area contributed by atoms with Gasteiger partial charge in [-0.05, 0) is 44.0 Å². The van der Waals surface area contributed by atoms with Crippen molar-refractivity contribution in [2.45, 2.75) is 43.0 Å². The van der Waals surface area contributed by atoms with E-state index >= 15 is 0 Å². The SMILES string of the molecule is CCOc1ccccc1-n1c(S[C@@H]2CCCCC2=O)nc2ccccc2c1=O. The summed E-state index contributed by atoms with van der Waals surface area (Å²) in [5.41, 5.74) is 1.14. The van der Waals surface area contributed by atoms with Gasteiger partial charge >= 0.3 is 0 Å². The molecule has 144 valence electrons. The highest BCUT2D eigenvalue weighted by Gasteiger charge is 2.26. The van der Waals surface area contributed by atoms with Gasteiger partial charge in [0.1, 0.15) is 11.5 Å². The number of ether oxygens (including phenoxy) is 1. The molecule has 1 aliphatic carbocycles. The molecule has 0 radical (unpaired) electrons. The average Bonchev–Trinajstić information content (AvgIpc) is 2.71. The zero-order valence-electron chi connectivity index (χ0n) is 15.8. The summed E-state index contributed by atoms with van der Waals surface area (Å²) in [6.45, 7) is 2.41. The summed E-state index contributed by atoms with van der Waals surface area (Å²) < 4.78 is 7.36. The van der Waals surface area contributed by atoms with Gasteiger partial charge in [0.05, 0.1) is 28.4 Å². The van der Waals surface area contributed by atoms with Crippen LogP contribution in [-0.4, -0.2) is 27.2 Å². The zero-order valence-corrected chi connectivity index (χ0v) is 16.6. The first-order valence-corrected chi connectivity index (χ1v) is 10.5. The van der Waals surface area contributed by atoms with Gasteiger partial charge in [-0.3, -0.25) is 14.2 Å². The van der Waals surface area contributed by atoms with Crippen LogP contribution < -0.4 is 10.3 Å². The first-order valence-electron chi connectivity index (χ1n) is 9.62. The van der Waals surface area contributed by atoms with E-state index in [0.717, 1.165) is 19.3 Å². The summed E-state index contributed by atoms with van der Waals surface area (Å²) in [7, 11) is 0. The van der Waals surface area contributed by atoms with Crippen LogP contribution in [0.25, 0.3) is 16.6 Å². The van der Waals surface area contributed by atoms with E-state index in [2.05, 4.69) is 0 Å². The Morgan fingerprint density at radius 2 is 1.89 bits per heavy atom. The van der Waals surface area contributed by atoms with Gasteiger partial charge in [0.25, 0.3) is 5.56 Å². The van der Waals surface area contributed by atoms with Crippen molar-refractivity contribution in [3.63, 3.8) is 0 Å². The van der Waals surface area contributed by atoms with Crippen LogP contribution in [0.5, 0.6) is 5.75 Å². The lowest BCUT2D eigenvalue weighted by atomic mass is 9.99. The molecule has 0 unspecified atom stereocenters. The number of ketones is 1. The molecule has 0 bridgehead atoms. The van der Waals surface area contributed by atoms with E-state index in [9.17, 15) is 9.59 Å². The summed E-state index contributed by atoms with van der Waals surface area (Å²) >= 11 is 1.40. The van der Waals surface area contributed by atoms with E-state index in [1.165, 1.54) is 11.8 Å². The summed E-state index contributed by atoms with van der Waals surface area (Å²) in [5, 5.41) is 0.927. The van der Waals surface area contributed by atoms with Crippen LogP contribution in [-0.2, 0) is 4.79 Å². The Labute approximate surface area is 167 Å². The van der Waals surface area contributed by atoms with Crippen LogP contribution in [0.1, 0.15) is 32.6 Å². The van der Waals surface area contributed by atoms with E-state index < -0.39 is 0 Å². The van der Waals surface area contributed by atoms with Gasteiger partial charge in [-0.25, -0.2) is 4.98 Å². The fraction of sp³-hybridized carbons (Fsp3) is 0.318. The van der Waals surface area contributed by atoms with Gasteiger partial charge < -0.3 is 4.74 Å². The predicted octanol–water partition coefficient (Wildman–Crippen LogP) is 4.39. The van der Waals surface area contributed by atoms with Gasteiger partial charge in [0, 0.05) is 6.42 Å². The highest BCUT2D eigenvalue weighted by atomic mass is 32.2. The lowest BCUT2D eigenvalue weighted by Crippen LogP contribution is -2.26. The highest BCUT2D eigenvalue weighted by molar-refractivity contribution is 8.00. The smallest absolute Gasteiger partial charge is 0.266 e. The lowest BCUT2D eigenvalue weighted by molar-refractivity contribution is -0.119. The van der Waals surface area contributed by atoms with Crippen LogP contribution in [0.4, 0.5) is 0 Å². The van der Waals surface area contributed by atoms with Crippen molar-refractivity contribution in [1.82, 2.24) is 9.55 Å². The number of rotatable bonds is 5. The molecule has 0 aliphatic heterocycles. The van der Waals surface area contributed by atoms with Crippen molar-refractivity contribution in [2.75, 3.05) is 6.61 Å². The molecule has 1 saturated carbocycles. The molecule has 1 heterocycles. The molecule has 3 aromatic rings. The molecule has 5 nitrogen and oxygen atoms in total. The van der Waals surface area contributed by atoms with Crippen LogP contribution in [0.15, 0.2) is 58.5 Å². The van der Waals surface area contributed by atoms with E-state index in [1.54, 1.807) is 10.6 Å². The second kappa shape index (κ2) is 8.19. The minimum atomic E-state index is -0.160. The minimum absolute atomic E-state index is 0.150. The van der Waals surface area contributed by atoms with E-state index in [0.29, 0.717) is 40.5 Å². The molecule has 1 fully saturated rings. The van der Waals surface area contributed by atoms with Gasteiger partial charge in [0.2, 0.25) is 0 Å². The first kappa shape index (κ1) is 18.7. The van der Waals surface area contributed by atoms with E-state index in [1.807, 2.05) is 49.4 Å². The number of fused-ring (bicyclic) bond motifs is 1. The molecule has 0 N–H and O–H groups in total. The number of aromatic nitrogens is 2. The van der Waals surface area contributed by atoms with Crippen molar-refractivity contribution in [3.8, 4) is 11.4 Å². The summed E-state index contributed by atoms with van der Waals surface area (Å²) in [5.74, 6) is 0.865. The van der Waals surface area contributed by atoms with Crippen molar-refractivity contribution < 1.29 is 9.53 Å². The third kappa shape index (κ3) is 3.56. The van der Waals surface area contributed by atoms with Gasteiger partial charge in [-0.15, -0.1) is 0 Å². The molecular formula is C22H22N2O3S. The molecule has 4 rings (SSSR count). The number of hydrogen-bond donors (Lipinski definition) is 0. The van der Waals surface area contributed by atoms with Crippen molar-refractivity contribution in [3.05, 3.63) is 58.9 Å². The Morgan fingerprint density at radius 3 is 2.71 bits per heavy atom. The molecule has 1 aromatic heterocycles. The lowest BCUT2D eigenvalue weighted by Gasteiger charge is -2.22. The molecule has 0 saturated heterocycles. The van der Waals surface area contributed by atoms with E-state index in [-0.39, 0.29) is 16.6 Å². The third-order valence-corrected chi connectivity index (χ3v) is 6.16. The van der Waals surface area contributed by atoms with Crippen LogP contribution in [0.2, 0.25) is 0 Å². The van der Waals surface area contributed by atoms with Crippen molar-refractivity contribution in [1.29, 1.82) is 0 Å². The normalized spacial score (nSPS) is 17.0. The quantitative estimate of drug-likeness (QED) is 0.601. The number of para-hydroxylation sites is 3. The maximum Gasteiger partial charge on any atom is 0.266 e. The molecule has 28 heavy (non-hydrogen) atoms. The molecule has 0 spiro atoms. The summed E-state index contributed by atoms with van der Waals surface area (Å²) in [6, 6.07) is 14.8. The Kier molecular flexibility index (Phi) is 5.48. The van der Waals surface area contributed by atoms with Gasteiger partial charge in [-0.1, -0.05) is 42.4 Å². The molecule has 1 atom stereocenters. The zero-order chi connectivity index (χ0) is 19.5. The third-order valence-electron chi connectivity index (χ3n) is 4.90. The first-order chi connectivity index (χ1) is 13.7. The Bertz CT molecular complexity index is 1080. The number of benzene rings is 2. The second-order valence-corrected chi connectivity index (χ2v) is 7.94. The number of carbonyl (C=O) groups is 1. The van der Waals surface area contributed by atoms with Crippen LogP contribution in [0.3, 0.4) is 0 Å². The Balaban J connectivity index is 1.92. The summed E-state index contributed by atoms with van der Waals surface area (Å²) in [4.78, 5) is 30.6. The maximum absolute atomic E-state index is 13.4. The standard InChI is InChI=1S/C22H22N2O3S/c1-2-27-19-13-7-5-11-17(19)24-21(26)15-9-3-4-10-16(15)23-22(24)28-20-14-8-6-12-18(20)25/h3-5,7,9-11,13,20H,2,6,8,12,14H2,1H3/t20-/m1/s1. The number of nitrogens with zero attached hydrogens (tertiary/aromatic N) is 2. The number of thioether (sulfide) groups is 1. The Hall–Kier alpha value is -2.60. The summed E-state index contributed by atoms with van der Waals surface area (Å²) in [6.07, 6.45) is 3.39. The number of carbonyl (C=O) groups excluding carboxylic acids is 1. The number of Topliss-reactive ketones (excluding diaryl/α,β-unsaturated/α-hetero) is 1. The second-order valence-electron chi connectivity index (χ2n) is 6.77. The van der Waals surface area contributed by atoms with Gasteiger partial charge in [-0.2, -0.15) is 0 Å². The molecule has 6 heteroatoms. The van der Waals surface area contributed by atoms with Crippen LogP contribution in [0, 0.1) is 0 Å². The number of hydrogen-bond acceptors (Lipinski definition) is 5. The predicted molar refractivity (Wildman–Crippen MR) is 112 cm³/mol. The Morgan fingerprint density at radius 1 is 1.11 bits per heavy atom. The maximum atomic E-state index is 13.4. The minimum Gasteiger partial charge on any atom is -0.492 e. The van der Waals surface area contributed by atoms with E-state index in [4.69, 9.17) is 9.72 Å². The molecule has 0 amide bonds. The monoisotopic (exact) mass is 394 g/mol. The molecular weight excluding hydrogens is 372 g/mol. The molecule has 1 aliphatic rings. The van der Waals surface area contributed by atoms with Crippen LogP contribution >= 0.6 is 11.8 Å². The topological polar surface area (TPSA) is 61.2 Å². The average molecular weight is 394 g/mol. The fourth-order valence-corrected chi connectivity index (χ4v) is 4.75. The fourth-order valence-electron chi connectivity index (χ4n) is 3.53.